The number of rotatable bonds is 7. The van der Waals surface area contributed by atoms with Crippen LogP contribution in [0.5, 0.6) is 0 Å². The Kier molecular flexibility index (Phi) is 11.4. The van der Waals surface area contributed by atoms with Crippen LogP contribution in [0.25, 0.3) is 0 Å². The predicted molar refractivity (Wildman–Crippen MR) is 93.7 cm³/mol. The number of nitrogens with one attached hydrogen (secondary N) is 3. The maximum atomic E-state index is 11.6. The van der Waals surface area contributed by atoms with E-state index in [1.165, 1.54) is 0 Å². The quantitative estimate of drug-likeness (QED) is 0.270. The van der Waals surface area contributed by atoms with E-state index in [1.807, 2.05) is 12.3 Å². The smallest absolute Gasteiger partial charge is 0.239 e. The molecule has 0 spiro atoms. The molecule has 8 heteroatoms. The first kappa shape index (κ1) is 19.1. The molecule has 0 radical (unpaired) electrons. The fraction of sp³-hybridized carbons (Fsp3) is 0.500. The van der Waals surface area contributed by atoms with Crippen LogP contribution >= 0.6 is 35.7 Å². The molecule has 0 saturated carbocycles. The fourth-order valence-corrected chi connectivity index (χ4v) is 1.62. The number of amides is 1. The number of carbonyl (C=O) groups excluding carboxylic acids is 1. The molecular formula is C12H21IN4O2S. The highest BCUT2D eigenvalue weighted by atomic mass is 127. The number of hydrogen-bond acceptors (Lipinski definition) is 4. The molecule has 1 amide bonds. The van der Waals surface area contributed by atoms with Crippen molar-refractivity contribution in [3.63, 3.8) is 0 Å². The lowest BCUT2D eigenvalue weighted by Gasteiger charge is -2.11. The summed E-state index contributed by atoms with van der Waals surface area (Å²) in [5, 5.41) is 8.81. The van der Waals surface area contributed by atoms with E-state index in [9.17, 15) is 4.79 Å². The summed E-state index contributed by atoms with van der Waals surface area (Å²) < 4.78 is 5.12. The Morgan fingerprint density at radius 2 is 2.20 bits per heavy atom. The van der Waals surface area contributed by atoms with Gasteiger partial charge < -0.3 is 20.4 Å². The van der Waals surface area contributed by atoms with E-state index in [4.69, 9.17) is 4.42 Å². The summed E-state index contributed by atoms with van der Waals surface area (Å²) in [6.45, 7) is 1.39. The first-order valence-corrected chi connectivity index (χ1v) is 7.38. The van der Waals surface area contributed by atoms with E-state index in [0.29, 0.717) is 12.5 Å². The topological polar surface area (TPSA) is 78.7 Å². The summed E-state index contributed by atoms with van der Waals surface area (Å²) in [6, 6.07) is 3.61. The van der Waals surface area contributed by atoms with Gasteiger partial charge in [0, 0.05) is 19.3 Å². The second-order valence-electron chi connectivity index (χ2n) is 3.70. The van der Waals surface area contributed by atoms with Crippen molar-refractivity contribution in [1.29, 1.82) is 0 Å². The third-order valence-electron chi connectivity index (χ3n) is 2.28. The van der Waals surface area contributed by atoms with E-state index >= 15 is 0 Å². The molecular weight excluding hydrogens is 391 g/mol. The molecule has 1 aromatic rings. The Bertz CT molecular complexity index is 398. The van der Waals surface area contributed by atoms with Crippen LogP contribution in [0.3, 0.4) is 0 Å². The number of halogens is 1. The van der Waals surface area contributed by atoms with E-state index in [1.54, 1.807) is 31.1 Å². The fourth-order valence-electron chi connectivity index (χ4n) is 1.32. The third kappa shape index (κ3) is 8.31. The van der Waals surface area contributed by atoms with Gasteiger partial charge in [-0.2, -0.15) is 11.8 Å². The van der Waals surface area contributed by atoms with Gasteiger partial charge in [-0.1, -0.05) is 0 Å². The molecule has 6 nitrogen and oxygen atoms in total. The molecule has 0 fully saturated rings. The highest BCUT2D eigenvalue weighted by Gasteiger charge is 2.04. The van der Waals surface area contributed by atoms with Gasteiger partial charge in [0.2, 0.25) is 5.91 Å². The molecule has 0 saturated heterocycles. The SMILES string of the molecule is CN=C(NCCSC)NCC(=O)NCc1ccco1.I. The molecule has 0 unspecified atom stereocenters. The molecule has 0 aromatic carbocycles. The maximum Gasteiger partial charge on any atom is 0.239 e. The van der Waals surface area contributed by atoms with Crippen LogP contribution in [-0.2, 0) is 11.3 Å². The van der Waals surface area contributed by atoms with E-state index < -0.39 is 0 Å². The van der Waals surface area contributed by atoms with E-state index in [2.05, 4.69) is 20.9 Å². The minimum absolute atomic E-state index is 0. The summed E-state index contributed by atoms with van der Waals surface area (Å²) in [4.78, 5) is 15.6. The Balaban J connectivity index is 0.00000361. The standard InChI is InChI=1S/C12H20N4O2S.HI/c1-13-12(14-5-7-19-2)16-9-11(17)15-8-10-4-3-6-18-10;/h3-4,6H,5,7-9H2,1-2H3,(H,15,17)(H2,13,14,16);1H. The summed E-state index contributed by atoms with van der Waals surface area (Å²) >= 11 is 1.75. The second-order valence-corrected chi connectivity index (χ2v) is 4.69. The summed E-state index contributed by atoms with van der Waals surface area (Å²) in [5.41, 5.74) is 0. The maximum absolute atomic E-state index is 11.6. The first-order valence-electron chi connectivity index (χ1n) is 5.98. The normalized spacial score (nSPS) is 10.6. The number of nitrogens with zero attached hydrogens (tertiary/aromatic N) is 1. The van der Waals surface area contributed by atoms with Gasteiger partial charge >= 0.3 is 0 Å². The van der Waals surface area contributed by atoms with Gasteiger partial charge in [0.15, 0.2) is 5.96 Å². The lowest BCUT2D eigenvalue weighted by molar-refractivity contribution is -0.120. The minimum atomic E-state index is -0.107. The molecule has 0 atom stereocenters. The van der Waals surface area contributed by atoms with Crippen LogP contribution in [-0.4, -0.2) is 44.0 Å². The zero-order valence-electron chi connectivity index (χ0n) is 11.6. The van der Waals surface area contributed by atoms with Gasteiger partial charge in [0.05, 0.1) is 19.4 Å². The summed E-state index contributed by atoms with van der Waals surface area (Å²) in [5.74, 6) is 2.24. The van der Waals surface area contributed by atoms with Crippen molar-refractivity contribution < 1.29 is 9.21 Å². The van der Waals surface area contributed by atoms with Crippen LogP contribution in [0.4, 0.5) is 0 Å². The Morgan fingerprint density at radius 1 is 1.40 bits per heavy atom. The minimum Gasteiger partial charge on any atom is -0.467 e. The molecule has 0 aliphatic heterocycles. The first-order chi connectivity index (χ1) is 9.26. The van der Waals surface area contributed by atoms with Crippen molar-refractivity contribution in [2.75, 3.05) is 32.1 Å². The van der Waals surface area contributed by atoms with Crippen LogP contribution in [0.2, 0.25) is 0 Å². The number of guanidine groups is 1. The van der Waals surface area contributed by atoms with Gasteiger partial charge in [-0.05, 0) is 18.4 Å². The molecule has 0 aliphatic carbocycles. The second kappa shape index (κ2) is 11.9. The monoisotopic (exact) mass is 412 g/mol. The van der Waals surface area contributed by atoms with Crippen LogP contribution in [0, 0.1) is 0 Å². The van der Waals surface area contributed by atoms with Crippen molar-refractivity contribution in [3.05, 3.63) is 24.2 Å². The van der Waals surface area contributed by atoms with Gasteiger partial charge in [-0.25, -0.2) is 0 Å². The van der Waals surface area contributed by atoms with Crippen molar-refractivity contribution in [2.45, 2.75) is 6.54 Å². The average Bonchev–Trinajstić information content (AvgIpc) is 2.93. The molecule has 114 valence electrons. The Labute approximate surface area is 140 Å². The molecule has 0 bridgehead atoms. The summed E-state index contributed by atoms with van der Waals surface area (Å²) in [6.07, 6.45) is 3.62. The molecule has 1 aromatic heterocycles. The van der Waals surface area contributed by atoms with Crippen molar-refractivity contribution in [3.8, 4) is 0 Å². The van der Waals surface area contributed by atoms with Gasteiger partial charge in [-0.3, -0.25) is 9.79 Å². The molecule has 0 aliphatic rings. The third-order valence-corrected chi connectivity index (χ3v) is 2.89. The van der Waals surface area contributed by atoms with Crippen molar-refractivity contribution in [2.24, 2.45) is 4.99 Å². The molecule has 1 heterocycles. The number of furan rings is 1. The molecule has 3 N–H and O–H groups in total. The Morgan fingerprint density at radius 3 is 2.80 bits per heavy atom. The van der Waals surface area contributed by atoms with Crippen molar-refractivity contribution >= 4 is 47.6 Å². The van der Waals surface area contributed by atoms with E-state index in [-0.39, 0.29) is 36.4 Å². The summed E-state index contributed by atoms with van der Waals surface area (Å²) in [7, 11) is 1.68. The number of thioether (sulfide) groups is 1. The zero-order valence-corrected chi connectivity index (χ0v) is 14.8. The zero-order chi connectivity index (χ0) is 13.9. The largest absolute Gasteiger partial charge is 0.467 e. The predicted octanol–water partition coefficient (Wildman–Crippen LogP) is 1.04. The van der Waals surface area contributed by atoms with Crippen molar-refractivity contribution in [1.82, 2.24) is 16.0 Å². The number of hydrogen-bond donors (Lipinski definition) is 3. The average molecular weight is 412 g/mol. The lowest BCUT2D eigenvalue weighted by atomic mass is 10.4. The Hall–Kier alpha value is -0.900. The number of aliphatic imine (C=N–C) groups is 1. The van der Waals surface area contributed by atoms with Gasteiger partial charge in [0.25, 0.3) is 0 Å². The van der Waals surface area contributed by atoms with Gasteiger partial charge in [-0.15, -0.1) is 24.0 Å². The van der Waals surface area contributed by atoms with Crippen LogP contribution in [0.15, 0.2) is 27.8 Å². The molecule has 20 heavy (non-hydrogen) atoms. The highest BCUT2D eigenvalue weighted by Crippen LogP contribution is 1.97. The molecule has 1 rings (SSSR count). The van der Waals surface area contributed by atoms with E-state index in [0.717, 1.165) is 18.1 Å². The highest BCUT2D eigenvalue weighted by molar-refractivity contribution is 14.0. The van der Waals surface area contributed by atoms with Crippen LogP contribution < -0.4 is 16.0 Å². The van der Waals surface area contributed by atoms with Gasteiger partial charge in [0.1, 0.15) is 5.76 Å². The lowest BCUT2D eigenvalue weighted by Crippen LogP contribution is -2.43. The number of carbonyl (C=O) groups is 1. The van der Waals surface area contributed by atoms with Crippen LogP contribution in [0.1, 0.15) is 5.76 Å².